The molecule has 2 rings (SSSR count). The molecule has 5 heteroatoms. The van der Waals surface area contributed by atoms with Gasteiger partial charge in [0, 0.05) is 10.9 Å². The lowest BCUT2D eigenvalue weighted by Crippen LogP contribution is -2.13. The van der Waals surface area contributed by atoms with Crippen molar-refractivity contribution >= 4 is 22.9 Å². The molecule has 2 aromatic rings. The summed E-state index contributed by atoms with van der Waals surface area (Å²) in [5, 5.41) is 6.63. The van der Waals surface area contributed by atoms with Gasteiger partial charge in [0.05, 0.1) is 24.9 Å². The van der Waals surface area contributed by atoms with Gasteiger partial charge in [-0.1, -0.05) is 11.8 Å². The van der Waals surface area contributed by atoms with Crippen molar-refractivity contribution in [3.8, 4) is 17.6 Å². The summed E-state index contributed by atoms with van der Waals surface area (Å²) in [6.07, 6.45) is 0. The third-order valence-electron chi connectivity index (χ3n) is 2.88. The predicted molar refractivity (Wildman–Crippen MR) is 85.9 cm³/mol. The van der Waals surface area contributed by atoms with Crippen LogP contribution in [0.5, 0.6) is 5.75 Å². The van der Waals surface area contributed by atoms with Crippen LogP contribution in [0.2, 0.25) is 0 Å². The molecule has 0 bridgehead atoms. The number of ether oxygens (including phenoxy) is 1. The van der Waals surface area contributed by atoms with E-state index >= 15 is 0 Å². The fraction of sp³-hybridized carbons (Fsp3) is 0.188. The third kappa shape index (κ3) is 3.63. The van der Waals surface area contributed by atoms with Crippen molar-refractivity contribution in [3.63, 3.8) is 0 Å². The van der Waals surface area contributed by atoms with Crippen molar-refractivity contribution < 1.29 is 9.53 Å². The summed E-state index contributed by atoms with van der Waals surface area (Å²) in [5.74, 6) is 6.16. The zero-order valence-electron chi connectivity index (χ0n) is 11.9. The van der Waals surface area contributed by atoms with Crippen LogP contribution in [0.15, 0.2) is 29.0 Å². The van der Waals surface area contributed by atoms with Crippen LogP contribution in [0.25, 0.3) is 0 Å². The van der Waals surface area contributed by atoms with Crippen LogP contribution in [-0.4, -0.2) is 19.6 Å². The molecule has 1 aromatic carbocycles. The second-order valence-electron chi connectivity index (χ2n) is 4.34. The van der Waals surface area contributed by atoms with Crippen LogP contribution < -0.4 is 15.8 Å². The first-order valence-electron chi connectivity index (χ1n) is 6.37. The van der Waals surface area contributed by atoms with E-state index in [9.17, 15) is 4.79 Å². The second kappa shape index (κ2) is 6.93. The number of hydrogen-bond donors (Lipinski definition) is 2. The van der Waals surface area contributed by atoms with E-state index in [1.54, 1.807) is 19.2 Å². The lowest BCUT2D eigenvalue weighted by molar-refractivity contribution is 0.102. The van der Waals surface area contributed by atoms with Crippen LogP contribution in [0.4, 0.5) is 5.69 Å². The van der Waals surface area contributed by atoms with E-state index in [2.05, 4.69) is 17.2 Å². The highest BCUT2D eigenvalue weighted by molar-refractivity contribution is 7.08. The van der Waals surface area contributed by atoms with E-state index < -0.39 is 0 Å². The molecule has 0 saturated heterocycles. The number of amides is 1. The first kappa shape index (κ1) is 15.1. The number of methoxy groups -OCH3 is 1. The SMILES string of the molecule is COc1ccc(C#CCN)cc1NC(=O)c1cscc1C. The third-order valence-corrected chi connectivity index (χ3v) is 3.74. The fourth-order valence-corrected chi connectivity index (χ4v) is 2.65. The number of carbonyl (C=O) groups is 1. The van der Waals surface area contributed by atoms with Gasteiger partial charge in [-0.15, -0.1) is 0 Å². The van der Waals surface area contributed by atoms with Gasteiger partial charge < -0.3 is 15.8 Å². The van der Waals surface area contributed by atoms with E-state index in [-0.39, 0.29) is 5.91 Å². The number of benzene rings is 1. The number of rotatable bonds is 3. The monoisotopic (exact) mass is 300 g/mol. The zero-order chi connectivity index (χ0) is 15.2. The van der Waals surface area contributed by atoms with E-state index in [1.807, 2.05) is 23.8 Å². The van der Waals surface area contributed by atoms with Crippen LogP contribution in [-0.2, 0) is 0 Å². The minimum absolute atomic E-state index is 0.156. The summed E-state index contributed by atoms with van der Waals surface area (Å²) in [5.41, 5.74) is 8.36. The van der Waals surface area contributed by atoms with Crippen LogP contribution in [0.1, 0.15) is 21.5 Å². The summed E-state index contributed by atoms with van der Waals surface area (Å²) in [6, 6.07) is 5.38. The van der Waals surface area contributed by atoms with Crippen LogP contribution >= 0.6 is 11.3 Å². The molecule has 1 aromatic heterocycles. The van der Waals surface area contributed by atoms with Gasteiger partial charge >= 0.3 is 0 Å². The number of thiophene rings is 1. The quantitative estimate of drug-likeness (QED) is 0.856. The number of anilines is 1. The number of nitrogens with one attached hydrogen (secondary N) is 1. The van der Waals surface area contributed by atoms with Gasteiger partial charge in [-0.2, -0.15) is 11.3 Å². The molecule has 0 aliphatic rings. The number of aryl methyl sites for hydroxylation is 1. The Bertz CT molecular complexity index is 711. The molecule has 0 radical (unpaired) electrons. The van der Waals surface area contributed by atoms with E-state index in [4.69, 9.17) is 10.5 Å². The summed E-state index contributed by atoms with van der Waals surface area (Å²) < 4.78 is 5.27. The molecule has 21 heavy (non-hydrogen) atoms. The fourth-order valence-electron chi connectivity index (χ4n) is 1.82. The second-order valence-corrected chi connectivity index (χ2v) is 5.09. The van der Waals surface area contributed by atoms with Crippen molar-refractivity contribution in [2.75, 3.05) is 19.0 Å². The van der Waals surface area contributed by atoms with Gasteiger partial charge in [0.1, 0.15) is 5.75 Å². The summed E-state index contributed by atoms with van der Waals surface area (Å²) in [7, 11) is 1.56. The Balaban J connectivity index is 2.29. The molecule has 0 unspecified atom stereocenters. The lowest BCUT2D eigenvalue weighted by Gasteiger charge is -2.10. The molecule has 0 atom stereocenters. The predicted octanol–water partition coefficient (Wildman–Crippen LogP) is 2.63. The molecule has 0 aliphatic carbocycles. The van der Waals surface area contributed by atoms with Gasteiger partial charge in [0.15, 0.2) is 0 Å². The molecule has 108 valence electrons. The lowest BCUT2D eigenvalue weighted by atomic mass is 10.1. The van der Waals surface area contributed by atoms with Gasteiger partial charge in [-0.3, -0.25) is 4.79 Å². The van der Waals surface area contributed by atoms with Crippen molar-refractivity contribution in [2.45, 2.75) is 6.92 Å². The average molecular weight is 300 g/mol. The van der Waals surface area contributed by atoms with Gasteiger partial charge in [-0.25, -0.2) is 0 Å². The number of nitrogens with two attached hydrogens (primary N) is 1. The summed E-state index contributed by atoms with van der Waals surface area (Å²) in [6.45, 7) is 2.20. The first-order chi connectivity index (χ1) is 10.2. The van der Waals surface area contributed by atoms with E-state index in [0.717, 1.165) is 11.1 Å². The van der Waals surface area contributed by atoms with Crippen LogP contribution in [0.3, 0.4) is 0 Å². The van der Waals surface area contributed by atoms with Gasteiger partial charge in [0.2, 0.25) is 0 Å². The highest BCUT2D eigenvalue weighted by atomic mass is 32.1. The Labute approximate surface area is 127 Å². The number of carbonyl (C=O) groups excluding carboxylic acids is 1. The highest BCUT2D eigenvalue weighted by Gasteiger charge is 2.13. The largest absolute Gasteiger partial charge is 0.495 e. The van der Waals surface area contributed by atoms with Crippen molar-refractivity contribution in [1.29, 1.82) is 0 Å². The summed E-state index contributed by atoms with van der Waals surface area (Å²) in [4.78, 5) is 12.3. The molecular formula is C16H16N2O2S. The minimum Gasteiger partial charge on any atom is -0.495 e. The maximum absolute atomic E-state index is 12.3. The Morgan fingerprint density at radius 1 is 1.43 bits per heavy atom. The molecule has 0 saturated carbocycles. The minimum atomic E-state index is -0.156. The highest BCUT2D eigenvalue weighted by Crippen LogP contribution is 2.26. The Morgan fingerprint density at radius 2 is 2.24 bits per heavy atom. The normalized spacial score (nSPS) is 9.67. The average Bonchev–Trinajstić information content (AvgIpc) is 2.91. The number of hydrogen-bond acceptors (Lipinski definition) is 4. The maximum atomic E-state index is 12.3. The van der Waals surface area contributed by atoms with Gasteiger partial charge in [0.25, 0.3) is 5.91 Å². The van der Waals surface area contributed by atoms with Gasteiger partial charge in [-0.05, 0) is 36.1 Å². The van der Waals surface area contributed by atoms with E-state index in [1.165, 1.54) is 11.3 Å². The Kier molecular flexibility index (Phi) is 4.99. The first-order valence-corrected chi connectivity index (χ1v) is 7.31. The Hall–Kier alpha value is -2.29. The molecule has 3 N–H and O–H groups in total. The van der Waals surface area contributed by atoms with Crippen molar-refractivity contribution in [2.24, 2.45) is 5.73 Å². The summed E-state index contributed by atoms with van der Waals surface area (Å²) >= 11 is 1.50. The molecule has 0 spiro atoms. The Morgan fingerprint density at radius 3 is 2.86 bits per heavy atom. The molecule has 4 nitrogen and oxygen atoms in total. The molecule has 0 aliphatic heterocycles. The molecular weight excluding hydrogens is 284 g/mol. The zero-order valence-corrected chi connectivity index (χ0v) is 12.7. The van der Waals surface area contributed by atoms with Crippen molar-refractivity contribution in [1.82, 2.24) is 0 Å². The molecule has 0 fully saturated rings. The van der Waals surface area contributed by atoms with Crippen molar-refractivity contribution in [3.05, 3.63) is 45.6 Å². The molecule has 1 heterocycles. The standard InChI is InChI=1S/C16H16N2O2S/c1-11-9-21-10-13(11)16(19)18-14-8-12(4-3-7-17)5-6-15(14)20-2/h5-6,8-10H,7,17H2,1-2H3,(H,18,19). The smallest absolute Gasteiger partial charge is 0.256 e. The topological polar surface area (TPSA) is 64.3 Å². The van der Waals surface area contributed by atoms with E-state index in [0.29, 0.717) is 23.5 Å². The van der Waals surface area contributed by atoms with Crippen LogP contribution in [0, 0.1) is 18.8 Å². The molecule has 1 amide bonds. The maximum Gasteiger partial charge on any atom is 0.256 e.